The van der Waals surface area contributed by atoms with Gasteiger partial charge in [-0.15, -0.1) is 0 Å². The average Bonchev–Trinajstić information content (AvgIpc) is 2.59. The van der Waals surface area contributed by atoms with E-state index >= 15 is 0 Å². The molecular weight excluding hydrogens is 192 g/mol. The minimum Gasteiger partial charge on any atom is -0.497 e. The molecule has 0 radical (unpaired) electrons. The highest BCUT2D eigenvalue weighted by atomic mass is 16.5. The molecule has 78 valence electrons. The number of benzene rings is 1. The molecule has 3 nitrogen and oxygen atoms in total. The molecule has 1 unspecified atom stereocenters. The first kappa shape index (κ1) is 9.77. The summed E-state index contributed by atoms with van der Waals surface area (Å²) >= 11 is 0. The van der Waals surface area contributed by atoms with Gasteiger partial charge in [0, 0.05) is 5.57 Å². The molecule has 3 heteroatoms. The number of methoxy groups -OCH3 is 1. The average molecular weight is 204 g/mol. The zero-order valence-electron chi connectivity index (χ0n) is 8.69. The third-order valence-corrected chi connectivity index (χ3v) is 2.40. The van der Waals surface area contributed by atoms with Crippen molar-refractivity contribution in [1.82, 2.24) is 0 Å². The molecule has 0 spiro atoms. The SMILES string of the molecule is COc1ccc(C2C=C(C)C(=O)O2)cc1. The van der Waals surface area contributed by atoms with Crippen molar-refractivity contribution in [2.24, 2.45) is 0 Å². The summed E-state index contributed by atoms with van der Waals surface area (Å²) < 4.78 is 10.2. The van der Waals surface area contributed by atoms with Gasteiger partial charge < -0.3 is 9.47 Å². The number of ether oxygens (including phenoxy) is 2. The van der Waals surface area contributed by atoms with E-state index in [0.717, 1.165) is 11.3 Å². The van der Waals surface area contributed by atoms with Crippen molar-refractivity contribution in [3.63, 3.8) is 0 Å². The molecule has 15 heavy (non-hydrogen) atoms. The molecule has 0 aliphatic carbocycles. The van der Waals surface area contributed by atoms with Crippen molar-refractivity contribution < 1.29 is 14.3 Å². The minimum atomic E-state index is -0.247. The summed E-state index contributed by atoms with van der Waals surface area (Å²) in [6, 6.07) is 7.49. The molecule has 0 amide bonds. The standard InChI is InChI=1S/C12H12O3/c1-8-7-11(15-12(8)13)9-3-5-10(14-2)6-4-9/h3-7,11H,1-2H3. The molecule has 1 heterocycles. The molecule has 0 bridgehead atoms. The van der Waals surface area contributed by atoms with Gasteiger partial charge in [-0.3, -0.25) is 0 Å². The molecule has 0 N–H and O–H groups in total. The number of carbonyl (C=O) groups excluding carboxylic acids is 1. The van der Waals surface area contributed by atoms with Crippen molar-refractivity contribution in [2.45, 2.75) is 13.0 Å². The van der Waals surface area contributed by atoms with Gasteiger partial charge in [0.05, 0.1) is 7.11 Å². The third kappa shape index (κ3) is 1.86. The van der Waals surface area contributed by atoms with Crippen molar-refractivity contribution in [3.8, 4) is 5.75 Å². The summed E-state index contributed by atoms with van der Waals surface area (Å²) in [7, 11) is 1.62. The fourth-order valence-electron chi connectivity index (χ4n) is 1.50. The maximum atomic E-state index is 11.2. The Kier molecular flexibility index (Phi) is 2.46. The number of carbonyl (C=O) groups is 1. The van der Waals surface area contributed by atoms with Crippen molar-refractivity contribution >= 4 is 5.97 Å². The molecule has 0 saturated carbocycles. The van der Waals surface area contributed by atoms with Gasteiger partial charge in [0.2, 0.25) is 0 Å². The van der Waals surface area contributed by atoms with Crippen molar-refractivity contribution in [1.29, 1.82) is 0 Å². The van der Waals surface area contributed by atoms with Crippen molar-refractivity contribution in [2.75, 3.05) is 7.11 Å². The highest BCUT2D eigenvalue weighted by molar-refractivity contribution is 5.90. The predicted molar refractivity (Wildman–Crippen MR) is 55.6 cm³/mol. The smallest absolute Gasteiger partial charge is 0.334 e. The van der Waals surface area contributed by atoms with E-state index in [-0.39, 0.29) is 12.1 Å². The fraction of sp³-hybridized carbons (Fsp3) is 0.250. The topological polar surface area (TPSA) is 35.5 Å². The van der Waals surface area contributed by atoms with E-state index in [9.17, 15) is 4.79 Å². The van der Waals surface area contributed by atoms with Crippen LogP contribution in [0.5, 0.6) is 5.75 Å². The van der Waals surface area contributed by atoms with Crippen LogP contribution in [0.4, 0.5) is 0 Å². The molecule has 1 aliphatic heterocycles. The van der Waals surface area contributed by atoms with Crippen LogP contribution in [0.15, 0.2) is 35.9 Å². The molecule has 2 rings (SSSR count). The summed E-state index contributed by atoms with van der Waals surface area (Å²) in [6.45, 7) is 1.76. The Balaban J connectivity index is 2.21. The zero-order valence-corrected chi connectivity index (χ0v) is 8.69. The molecule has 1 aliphatic rings. The van der Waals surface area contributed by atoms with Crippen LogP contribution in [0.25, 0.3) is 0 Å². The van der Waals surface area contributed by atoms with Crippen LogP contribution in [0, 0.1) is 0 Å². The predicted octanol–water partition coefficient (Wildman–Crippen LogP) is 2.24. The zero-order chi connectivity index (χ0) is 10.8. The van der Waals surface area contributed by atoms with Gasteiger partial charge in [-0.25, -0.2) is 4.79 Å². The highest BCUT2D eigenvalue weighted by Gasteiger charge is 2.23. The fourth-order valence-corrected chi connectivity index (χ4v) is 1.50. The van der Waals surface area contributed by atoms with E-state index < -0.39 is 0 Å². The van der Waals surface area contributed by atoms with E-state index in [4.69, 9.17) is 9.47 Å². The van der Waals surface area contributed by atoms with Gasteiger partial charge in [-0.1, -0.05) is 12.1 Å². The number of hydrogen-bond acceptors (Lipinski definition) is 3. The van der Waals surface area contributed by atoms with E-state index in [1.807, 2.05) is 30.3 Å². The summed E-state index contributed by atoms with van der Waals surface area (Å²) in [5, 5.41) is 0. The van der Waals surface area contributed by atoms with Gasteiger partial charge in [0.15, 0.2) is 0 Å². The molecule has 0 aromatic heterocycles. The minimum absolute atomic E-state index is 0.240. The van der Waals surface area contributed by atoms with Crippen LogP contribution in [0.1, 0.15) is 18.6 Å². The summed E-state index contributed by atoms with van der Waals surface area (Å²) in [5.41, 5.74) is 1.62. The number of esters is 1. The second-order valence-corrected chi connectivity index (χ2v) is 3.45. The Morgan fingerprint density at radius 3 is 2.40 bits per heavy atom. The van der Waals surface area contributed by atoms with Crippen LogP contribution in [0.3, 0.4) is 0 Å². The van der Waals surface area contributed by atoms with Gasteiger partial charge in [-0.05, 0) is 30.7 Å². The number of hydrogen-bond donors (Lipinski definition) is 0. The third-order valence-electron chi connectivity index (χ3n) is 2.40. The van der Waals surface area contributed by atoms with Crippen LogP contribution in [-0.2, 0) is 9.53 Å². The van der Waals surface area contributed by atoms with Gasteiger partial charge in [0.1, 0.15) is 11.9 Å². The van der Waals surface area contributed by atoms with E-state index in [0.29, 0.717) is 5.57 Å². The van der Waals surface area contributed by atoms with E-state index in [1.165, 1.54) is 0 Å². The monoisotopic (exact) mass is 204 g/mol. The first-order chi connectivity index (χ1) is 7.20. The Labute approximate surface area is 88.3 Å². The Bertz CT molecular complexity index is 403. The van der Waals surface area contributed by atoms with Crippen LogP contribution in [0.2, 0.25) is 0 Å². The molecule has 1 aromatic carbocycles. The maximum absolute atomic E-state index is 11.2. The first-order valence-corrected chi connectivity index (χ1v) is 4.74. The summed E-state index contributed by atoms with van der Waals surface area (Å²) in [6.07, 6.45) is 1.58. The highest BCUT2D eigenvalue weighted by Crippen LogP contribution is 2.28. The second-order valence-electron chi connectivity index (χ2n) is 3.45. The van der Waals surface area contributed by atoms with Crippen LogP contribution < -0.4 is 4.74 Å². The number of cyclic esters (lactones) is 1. The molecule has 0 fully saturated rings. The van der Waals surface area contributed by atoms with Crippen molar-refractivity contribution in [3.05, 3.63) is 41.5 Å². The first-order valence-electron chi connectivity index (χ1n) is 4.74. The summed E-state index contributed by atoms with van der Waals surface area (Å²) in [4.78, 5) is 11.2. The Hall–Kier alpha value is -1.77. The lowest BCUT2D eigenvalue weighted by atomic mass is 10.1. The molecule has 1 atom stereocenters. The lowest BCUT2D eigenvalue weighted by Crippen LogP contribution is -2.01. The quantitative estimate of drug-likeness (QED) is 0.693. The van der Waals surface area contributed by atoms with Gasteiger partial charge in [-0.2, -0.15) is 0 Å². The normalized spacial score (nSPS) is 19.7. The van der Waals surface area contributed by atoms with E-state index in [1.54, 1.807) is 14.0 Å². The Morgan fingerprint density at radius 2 is 1.93 bits per heavy atom. The Morgan fingerprint density at radius 1 is 1.27 bits per heavy atom. The second kappa shape index (κ2) is 3.77. The van der Waals surface area contributed by atoms with Gasteiger partial charge in [0.25, 0.3) is 0 Å². The van der Waals surface area contributed by atoms with E-state index in [2.05, 4.69) is 0 Å². The lowest BCUT2D eigenvalue weighted by Gasteiger charge is -2.08. The molecule has 1 aromatic rings. The van der Waals surface area contributed by atoms with Crippen LogP contribution >= 0.6 is 0 Å². The van der Waals surface area contributed by atoms with Gasteiger partial charge >= 0.3 is 5.97 Å². The lowest BCUT2D eigenvalue weighted by molar-refractivity contribution is -0.139. The number of rotatable bonds is 2. The summed E-state index contributed by atoms with van der Waals surface area (Å²) in [5.74, 6) is 0.555. The van der Waals surface area contributed by atoms with Crippen LogP contribution in [-0.4, -0.2) is 13.1 Å². The maximum Gasteiger partial charge on any atom is 0.334 e. The molecule has 0 saturated heterocycles. The largest absolute Gasteiger partial charge is 0.497 e. The molecular formula is C12H12O3.